The van der Waals surface area contributed by atoms with E-state index in [1.54, 1.807) is 0 Å². The molecule has 0 bridgehead atoms. The first-order chi connectivity index (χ1) is 19.8. The van der Waals surface area contributed by atoms with Crippen molar-refractivity contribution in [3.8, 4) is 0 Å². The number of nitrogens with zero attached hydrogens (tertiary/aromatic N) is 4. The second kappa shape index (κ2) is 11.7. The van der Waals surface area contributed by atoms with Crippen molar-refractivity contribution in [1.82, 2.24) is 30.5 Å². The average molecular weight is 637 g/mol. The number of likely N-dealkylation sites (tertiary alicyclic amines) is 1. The van der Waals surface area contributed by atoms with Gasteiger partial charge in [0, 0.05) is 45.3 Å². The maximum atomic E-state index is 14.0. The van der Waals surface area contributed by atoms with E-state index in [9.17, 15) is 9.46 Å². The van der Waals surface area contributed by atoms with Crippen molar-refractivity contribution in [1.29, 1.82) is 0 Å². The van der Waals surface area contributed by atoms with E-state index < -0.39 is 13.7 Å². The number of anilines is 2. The molecule has 1 atom stereocenters. The Balaban J connectivity index is 1.66. The van der Waals surface area contributed by atoms with Crippen LogP contribution in [0.3, 0.4) is 0 Å². The van der Waals surface area contributed by atoms with Gasteiger partial charge in [0.2, 0.25) is 17.5 Å². The van der Waals surface area contributed by atoms with Gasteiger partial charge in [-0.05, 0) is 128 Å². The van der Waals surface area contributed by atoms with Crippen LogP contribution in [-0.2, 0) is 9.09 Å². The normalized spacial score (nSPS) is 28.2. The Bertz CT molecular complexity index is 1140. The van der Waals surface area contributed by atoms with Crippen molar-refractivity contribution in [2.45, 2.75) is 180 Å². The van der Waals surface area contributed by atoms with Gasteiger partial charge in [-0.2, -0.15) is 15.0 Å². The molecule has 44 heavy (non-hydrogen) atoms. The van der Waals surface area contributed by atoms with Gasteiger partial charge in [-0.1, -0.05) is 6.92 Å². The highest BCUT2D eigenvalue weighted by atomic mass is 31.2. The number of nitrogens with one attached hydrogen (secondary N) is 4. The molecule has 5 N–H and O–H groups in total. The molecule has 3 aliphatic heterocycles. The molecule has 0 spiro atoms. The summed E-state index contributed by atoms with van der Waals surface area (Å²) in [5, 5.41) is 14.4. The average Bonchev–Trinajstić information content (AvgIpc) is 2.72. The first-order valence-electron chi connectivity index (χ1n) is 16.5. The molecule has 0 aromatic carbocycles. The highest BCUT2D eigenvalue weighted by Crippen LogP contribution is 2.48. The third-order valence-electron chi connectivity index (χ3n) is 9.45. The molecule has 3 saturated heterocycles. The topological polar surface area (TPSA) is 137 Å². The van der Waals surface area contributed by atoms with E-state index in [1.165, 1.54) is 0 Å². The number of hydrogen-bond acceptors (Lipinski definition) is 10. The van der Waals surface area contributed by atoms with Gasteiger partial charge in [0.05, 0.1) is 6.10 Å². The van der Waals surface area contributed by atoms with Crippen molar-refractivity contribution in [2.24, 2.45) is 0 Å². The number of aromatic nitrogens is 3. The summed E-state index contributed by atoms with van der Waals surface area (Å²) in [6.45, 7) is 29.3. The van der Waals surface area contributed by atoms with Crippen LogP contribution in [0.25, 0.3) is 0 Å². The lowest BCUT2D eigenvalue weighted by Gasteiger charge is -2.54. The summed E-state index contributed by atoms with van der Waals surface area (Å²) in [4.78, 5) is 27.8. The SMILES string of the molecule is CCN1C(C)(C)CC(OP(=O)(O)c2nc(NC3CC(C)(C)NC(C)(C)C3)nc(NC3CC(C)(C)NC(C)(C)C3)n2)CC1(C)C. The van der Waals surface area contributed by atoms with Gasteiger partial charge < -0.3 is 26.2 Å². The molecule has 252 valence electrons. The molecule has 12 heteroatoms. The maximum Gasteiger partial charge on any atom is 0.396 e. The zero-order valence-electron chi connectivity index (χ0n) is 29.7. The van der Waals surface area contributed by atoms with Crippen LogP contribution in [0.5, 0.6) is 0 Å². The Labute approximate surface area is 266 Å². The smallest absolute Gasteiger partial charge is 0.351 e. The second-order valence-electron chi connectivity index (χ2n) is 17.6. The minimum atomic E-state index is -4.40. The Kier molecular flexibility index (Phi) is 9.44. The fourth-order valence-electron chi connectivity index (χ4n) is 9.24. The van der Waals surface area contributed by atoms with Crippen LogP contribution >= 0.6 is 7.60 Å². The molecule has 0 saturated carbocycles. The maximum absolute atomic E-state index is 14.0. The van der Waals surface area contributed by atoms with Crippen molar-refractivity contribution >= 4 is 25.1 Å². The molecule has 0 amide bonds. The van der Waals surface area contributed by atoms with Crippen molar-refractivity contribution < 1.29 is 14.0 Å². The number of hydrogen-bond donors (Lipinski definition) is 5. The summed E-state index contributed by atoms with van der Waals surface area (Å²) in [7, 11) is -4.40. The fraction of sp³-hybridized carbons (Fsp3) is 0.906. The Morgan fingerprint density at radius 1 is 0.727 bits per heavy atom. The molecular weight excluding hydrogens is 575 g/mol. The molecule has 3 fully saturated rings. The van der Waals surface area contributed by atoms with Gasteiger partial charge in [0.1, 0.15) is 0 Å². The van der Waals surface area contributed by atoms with E-state index in [2.05, 4.69) is 126 Å². The summed E-state index contributed by atoms with van der Waals surface area (Å²) >= 11 is 0. The van der Waals surface area contributed by atoms with E-state index in [0.717, 1.165) is 32.2 Å². The standard InChI is InChI=1S/C32H61N8O3P/c1-14-40-31(10,11)19-23(20-32(40,12)13)43-44(41,42)26-36-24(33-21-15-27(2,3)38-28(4,5)16-21)35-25(37-26)34-22-17-29(6,7)39-30(8,9)18-22/h21-23,38-39H,14-20H2,1-13H3,(H,41,42)(H2,33,34,35,36,37). The van der Waals surface area contributed by atoms with Gasteiger partial charge in [0.15, 0.2) is 0 Å². The van der Waals surface area contributed by atoms with Gasteiger partial charge in [-0.15, -0.1) is 0 Å². The largest absolute Gasteiger partial charge is 0.396 e. The quantitative estimate of drug-likeness (QED) is 0.241. The molecule has 0 radical (unpaired) electrons. The first kappa shape index (κ1) is 35.5. The lowest BCUT2D eigenvalue weighted by atomic mass is 9.78. The highest BCUT2D eigenvalue weighted by molar-refractivity contribution is 7.60. The van der Waals surface area contributed by atoms with Gasteiger partial charge in [-0.3, -0.25) is 14.0 Å². The lowest BCUT2D eigenvalue weighted by molar-refractivity contribution is -0.0709. The summed E-state index contributed by atoms with van der Waals surface area (Å²) in [6, 6.07) is 0.139. The zero-order valence-corrected chi connectivity index (χ0v) is 30.6. The third-order valence-corrected chi connectivity index (χ3v) is 10.7. The summed E-state index contributed by atoms with van der Waals surface area (Å²) in [6.07, 6.45) is 4.26. The molecule has 1 aromatic heterocycles. The van der Waals surface area contributed by atoms with E-state index in [-0.39, 0.29) is 50.9 Å². The predicted molar refractivity (Wildman–Crippen MR) is 180 cm³/mol. The first-order valence-corrected chi connectivity index (χ1v) is 18.1. The van der Waals surface area contributed by atoms with E-state index in [0.29, 0.717) is 24.7 Å². The molecular formula is C32H61N8O3P. The second-order valence-corrected chi connectivity index (χ2v) is 19.2. The third kappa shape index (κ3) is 8.71. The van der Waals surface area contributed by atoms with Crippen LogP contribution in [0.1, 0.15) is 129 Å². The van der Waals surface area contributed by atoms with Crippen molar-refractivity contribution in [3.05, 3.63) is 0 Å². The number of rotatable bonds is 8. The fourth-order valence-corrected chi connectivity index (χ4v) is 10.3. The predicted octanol–water partition coefficient (Wildman–Crippen LogP) is 5.18. The van der Waals surface area contributed by atoms with Gasteiger partial charge in [-0.25, -0.2) is 0 Å². The van der Waals surface area contributed by atoms with Gasteiger partial charge >= 0.3 is 7.60 Å². The van der Waals surface area contributed by atoms with Crippen LogP contribution < -0.4 is 26.8 Å². The Hall–Kier alpha value is -1.36. The van der Waals surface area contributed by atoms with Crippen molar-refractivity contribution in [3.63, 3.8) is 0 Å². The number of piperidine rings is 3. The van der Waals surface area contributed by atoms with Crippen LogP contribution in [0.15, 0.2) is 0 Å². The molecule has 11 nitrogen and oxygen atoms in total. The monoisotopic (exact) mass is 636 g/mol. The van der Waals surface area contributed by atoms with E-state index >= 15 is 0 Å². The lowest BCUT2D eigenvalue weighted by Crippen LogP contribution is -2.61. The molecule has 0 aliphatic carbocycles. The molecule has 3 aliphatic rings. The van der Waals surface area contributed by atoms with Crippen LogP contribution in [0, 0.1) is 0 Å². The minimum absolute atomic E-state index is 0.0695. The van der Waals surface area contributed by atoms with Crippen LogP contribution in [0.2, 0.25) is 0 Å². The van der Waals surface area contributed by atoms with E-state index in [4.69, 9.17) is 9.51 Å². The Morgan fingerprint density at radius 2 is 1.09 bits per heavy atom. The minimum Gasteiger partial charge on any atom is -0.351 e. The Morgan fingerprint density at radius 3 is 1.43 bits per heavy atom. The molecule has 1 unspecified atom stereocenters. The van der Waals surface area contributed by atoms with E-state index in [1.807, 2.05) is 0 Å². The van der Waals surface area contributed by atoms with Crippen LogP contribution in [0.4, 0.5) is 11.9 Å². The molecule has 4 heterocycles. The zero-order chi connectivity index (χ0) is 33.1. The van der Waals surface area contributed by atoms with Crippen molar-refractivity contribution in [2.75, 3.05) is 17.2 Å². The summed E-state index contributed by atoms with van der Waals surface area (Å²) in [5.41, 5.74) is -0.969. The van der Waals surface area contributed by atoms with Gasteiger partial charge in [0.25, 0.3) is 0 Å². The van der Waals surface area contributed by atoms with Crippen LogP contribution in [-0.4, -0.2) is 82.7 Å². The molecule has 1 aromatic rings. The summed E-state index contributed by atoms with van der Waals surface area (Å²) < 4.78 is 20.2. The highest BCUT2D eigenvalue weighted by Gasteiger charge is 2.47. The summed E-state index contributed by atoms with van der Waals surface area (Å²) in [5.74, 6) is 0.589. The molecule has 4 rings (SSSR count).